The Morgan fingerprint density at radius 2 is 1.65 bits per heavy atom. The minimum Gasteiger partial charge on any atom is -0.392 e. The van der Waals surface area contributed by atoms with Gasteiger partial charge in [0.1, 0.15) is 0 Å². The van der Waals surface area contributed by atoms with Crippen molar-refractivity contribution in [3.63, 3.8) is 0 Å². The third-order valence-corrected chi connectivity index (χ3v) is 7.08. The minimum absolute atomic E-state index is 0.00832. The van der Waals surface area contributed by atoms with Crippen LogP contribution in [-0.4, -0.2) is 47.1 Å². The average molecular weight is 538 g/mol. The minimum atomic E-state index is -0.552. The van der Waals surface area contributed by atoms with Crippen molar-refractivity contribution in [3.05, 3.63) is 131 Å². The summed E-state index contributed by atoms with van der Waals surface area (Å²) in [5, 5.41) is 12.4. The number of ether oxygens (including phenoxy) is 2. The quantitative estimate of drug-likeness (QED) is 0.276. The molecular formula is C33H35N3O4. The number of aromatic nitrogens is 1. The summed E-state index contributed by atoms with van der Waals surface area (Å²) in [6.45, 7) is 1.63. The maximum Gasteiger partial charge on any atom is 0.255 e. The SMILES string of the molecule is CN(CCc1ccccn1)C[C@H]1C[C@@H](c2ccc(CO)cc2)O[C@@H](c2ccc(NC(=O)c3ccccc3)cc2)O1. The molecule has 2 heterocycles. The predicted molar refractivity (Wildman–Crippen MR) is 155 cm³/mol. The number of carbonyl (C=O) groups excluding carboxylic acids is 1. The number of pyridine rings is 1. The van der Waals surface area contributed by atoms with Crippen molar-refractivity contribution >= 4 is 11.6 Å². The summed E-state index contributed by atoms with van der Waals surface area (Å²) in [6, 6.07) is 30.6. The molecule has 1 aliphatic rings. The number of likely N-dealkylation sites (N-methyl/N-ethyl adjacent to an activating group) is 1. The Morgan fingerprint density at radius 3 is 2.35 bits per heavy atom. The van der Waals surface area contributed by atoms with E-state index in [2.05, 4.69) is 22.2 Å². The number of amides is 1. The van der Waals surface area contributed by atoms with E-state index in [1.165, 1.54) is 0 Å². The van der Waals surface area contributed by atoms with Crippen LogP contribution >= 0.6 is 0 Å². The second kappa shape index (κ2) is 13.5. The van der Waals surface area contributed by atoms with Gasteiger partial charge in [-0.1, -0.05) is 60.7 Å². The van der Waals surface area contributed by atoms with Crippen LogP contribution in [0, 0.1) is 0 Å². The molecule has 4 aromatic rings. The Balaban J connectivity index is 1.28. The van der Waals surface area contributed by atoms with Crippen molar-refractivity contribution in [3.8, 4) is 0 Å². The third-order valence-electron chi connectivity index (χ3n) is 7.08. The highest BCUT2D eigenvalue weighted by Crippen LogP contribution is 2.38. The molecule has 40 heavy (non-hydrogen) atoms. The molecule has 0 saturated carbocycles. The van der Waals surface area contributed by atoms with E-state index in [9.17, 15) is 9.90 Å². The van der Waals surface area contributed by atoms with Gasteiger partial charge in [0.05, 0.1) is 18.8 Å². The van der Waals surface area contributed by atoms with Gasteiger partial charge in [0.2, 0.25) is 0 Å². The van der Waals surface area contributed by atoms with Gasteiger partial charge in [0.25, 0.3) is 5.91 Å². The van der Waals surface area contributed by atoms with Crippen LogP contribution < -0.4 is 5.32 Å². The van der Waals surface area contributed by atoms with E-state index < -0.39 is 6.29 Å². The first-order chi connectivity index (χ1) is 19.6. The maximum atomic E-state index is 12.6. The molecule has 0 aliphatic carbocycles. The Labute approximate surface area is 235 Å². The van der Waals surface area contributed by atoms with Gasteiger partial charge in [-0.15, -0.1) is 0 Å². The lowest BCUT2D eigenvalue weighted by Crippen LogP contribution is -2.38. The smallest absolute Gasteiger partial charge is 0.255 e. The van der Waals surface area contributed by atoms with E-state index in [0.717, 1.165) is 41.9 Å². The van der Waals surface area contributed by atoms with Crippen LogP contribution in [-0.2, 0) is 22.5 Å². The number of aliphatic hydroxyl groups is 1. The molecule has 0 radical (unpaired) electrons. The van der Waals surface area contributed by atoms with Crippen molar-refractivity contribution in [2.24, 2.45) is 0 Å². The highest BCUT2D eigenvalue weighted by Gasteiger charge is 2.32. The zero-order valence-corrected chi connectivity index (χ0v) is 22.6. The number of hydrogen-bond donors (Lipinski definition) is 2. The summed E-state index contributed by atoms with van der Waals surface area (Å²) in [5.74, 6) is -0.154. The van der Waals surface area contributed by atoms with Gasteiger partial charge in [-0.2, -0.15) is 0 Å². The summed E-state index contributed by atoms with van der Waals surface area (Å²) >= 11 is 0. The van der Waals surface area contributed by atoms with Gasteiger partial charge in [-0.25, -0.2) is 0 Å². The molecule has 5 rings (SSSR count). The highest BCUT2D eigenvalue weighted by molar-refractivity contribution is 6.04. The first kappa shape index (κ1) is 27.7. The van der Waals surface area contributed by atoms with E-state index in [0.29, 0.717) is 17.7 Å². The summed E-state index contributed by atoms with van der Waals surface area (Å²) in [7, 11) is 2.10. The Hall–Kier alpha value is -3.88. The largest absolute Gasteiger partial charge is 0.392 e. The van der Waals surface area contributed by atoms with Gasteiger partial charge >= 0.3 is 0 Å². The molecule has 1 saturated heterocycles. The van der Waals surface area contributed by atoms with Crippen molar-refractivity contribution in [1.82, 2.24) is 9.88 Å². The molecule has 0 spiro atoms. The lowest BCUT2D eigenvalue weighted by Gasteiger charge is -2.38. The second-order valence-electron chi connectivity index (χ2n) is 10.1. The van der Waals surface area contributed by atoms with Gasteiger partial charge in [-0.05, 0) is 54.6 Å². The van der Waals surface area contributed by atoms with Gasteiger partial charge < -0.3 is 24.8 Å². The number of nitrogens with zero attached hydrogens (tertiary/aromatic N) is 2. The topological polar surface area (TPSA) is 83.9 Å². The number of carbonyl (C=O) groups is 1. The monoisotopic (exact) mass is 537 g/mol. The zero-order valence-electron chi connectivity index (χ0n) is 22.6. The first-order valence-corrected chi connectivity index (χ1v) is 13.6. The molecule has 2 N–H and O–H groups in total. The predicted octanol–water partition coefficient (Wildman–Crippen LogP) is 5.55. The molecular weight excluding hydrogens is 502 g/mol. The average Bonchev–Trinajstić information content (AvgIpc) is 3.01. The van der Waals surface area contributed by atoms with Gasteiger partial charge in [0, 0.05) is 54.6 Å². The Morgan fingerprint density at radius 1 is 0.925 bits per heavy atom. The third kappa shape index (κ3) is 7.40. The summed E-state index contributed by atoms with van der Waals surface area (Å²) < 4.78 is 12.9. The van der Waals surface area contributed by atoms with Crippen molar-refractivity contribution in [2.75, 3.05) is 25.5 Å². The van der Waals surface area contributed by atoms with Gasteiger partial charge in [-0.3, -0.25) is 9.78 Å². The van der Waals surface area contributed by atoms with Gasteiger partial charge in [0.15, 0.2) is 6.29 Å². The maximum absolute atomic E-state index is 12.6. The molecule has 3 aromatic carbocycles. The number of rotatable bonds is 10. The van der Waals surface area contributed by atoms with Crippen LogP contribution in [0.4, 0.5) is 5.69 Å². The second-order valence-corrected chi connectivity index (χ2v) is 10.1. The molecule has 7 nitrogen and oxygen atoms in total. The fraction of sp³-hybridized carbons (Fsp3) is 0.273. The molecule has 1 aliphatic heterocycles. The van der Waals surface area contributed by atoms with E-state index in [-0.39, 0.29) is 24.7 Å². The highest BCUT2D eigenvalue weighted by atomic mass is 16.7. The Bertz CT molecular complexity index is 1350. The number of benzene rings is 3. The fourth-order valence-electron chi connectivity index (χ4n) is 4.84. The van der Waals surface area contributed by atoms with E-state index in [1.807, 2.05) is 91.1 Å². The van der Waals surface area contributed by atoms with Crippen LogP contribution in [0.25, 0.3) is 0 Å². The van der Waals surface area contributed by atoms with E-state index >= 15 is 0 Å². The summed E-state index contributed by atoms with van der Waals surface area (Å²) in [4.78, 5) is 19.3. The van der Waals surface area contributed by atoms with Crippen LogP contribution in [0.1, 0.15) is 51.6 Å². The van der Waals surface area contributed by atoms with Crippen LogP contribution in [0.3, 0.4) is 0 Å². The van der Waals surface area contributed by atoms with Crippen molar-refractivity contribution in [2.45, 2.75) is 37.9 Å². The summed E-state index contributed by atoms with van der Waals surface area (Å²) in [6.07, 6.45) is 2.65. The lowest BCUT2D eigenvalue weighted by molar-refractivity contribution is -0.252. The fourth-order valence-corrected chi connectivity index (χ4v) is 4.84. The number of nitrogens with one attached hydrogen (secondary N) is 1. The van der Waals surface area contributed by atoms with E-state index in [4.69, 9.17) is 9.47 Å². The summed E-state index contributed by atoms with van der Waals surface area (Å²) in [5.41, 5.74) is 5.19. The normalized spacial score (nSPS) is 18.9. The van der Waals surface area contributed by atoms with Crippen LogP contribution in [0.5, 0.6) is 0 Å². The number of anilines is 1. The standard InChI is InChI=1S/C33H35N3O4/c1-36(20-18-28-9-5-6-19-34-28)22-30-21-31(25-12-10-24(23-37)11-13-25)40-33(39-30)27-14-16-29(17-15-27)35-32(38)26-7-3-2-4-8-26/h2-17,19,30-31,33,37H,18,20-23H2,1H3,(H,35,38)/t30-,31+,33+/m1/s1. The van der Waals surface area contributed by atoms with E-state index in [1.54, 1.807) is 12.1 Å². The molecule has 206 valence electrons. The molecule has 1 fully saturated rings. The van der Waals surface area contributed by atoms with Crippen molar-refractivity contribution < 1.29 is 19.4 Å². The molecule has 0 unspecified atom stereocenters. The van der Waals surface area contributed by atoms with Crippen LogP contribution in [0.2, 0.25) is 0 Å². The zero-order chi connectivity index (χ0) is 27.7. The molecule has 1 amide bonds. The Kier molecular flexibility index (Phi) is 9.31. The molecule has 1 aromatic heterocycles. The number of hydrogen-bond acceptors (Lipinski definition) is 6. The van der Waals surface area contributed by atoms with Crippen LogP contribution in [0.15, 0.2) is 103 Å². The van der Waals surface area contributed by atoms with Crippen molar-refractivity contribution in [1.29, 1.82) is 0 Å². The lowest BCUT2D eigenvalue weighted by atomic mass is 9.99. The molecule has 3 atom stereocenters. The number of aliphatic hydroxyl groups excluding tert-OH is 1. The first-order valence-electron chi connectivity index (χ1n) is 13.6. The molecule has 0 bridgehead atoms. The molecule has 7 heteroatoms.